The predicted octanol–water partition coefficient (Wildman–Crippen LogP) is 4.43. The number of nitrogens with one attached hydrogen (secondary N) is 2. The highest BCUT2D eigenvalue weighted by molar-refractivity contribution is 5.89. The van der Waals surface area contributed by atoms with E-state index in [9.17, 15) is 9.90 Å². The topological polar surface area (TPSA) is 86.3 Å². The number of carbonyl (C=O) groups is 1. The van der Waals surface area contributed by atoms with Gasteiger partial charge in [0, 0.05) is 43.3 Å². The maximum absolute atomic E-state index is 12.1. The number of ether oxygens (including phenoxy) is 2. The van der Waals surface area contributed by atoms with Gasteiger partial charge in [0.2, 0.25) is 0 Å². The van der Waals surface area contributed by atoms with Gasteiger partial charge in [0.15, 0.2) is 6.29 Å². The van der Waals surface area contributed by atoms with Crippen LogP contribution in [0.15, 0.2) is 48.5 Å². The Bertz CT molecular complexity index is 1040. The minimum absolute atomic E-state index is 0.0236. The van der Waals surface area contributed by atoms with E-state index in [1.807, 2.05) is 43.3 Å². The quantitative estimate of drug-likeness (QED) is 0.452. The molecule has 3 fully saturated rings. The van der Waals surface area contributed by atoms with E-state index in [1.54, 1.807) is 0 Å². The second-order valence-corrected chi connectivity index (χ2v) is 10.8. The molecule has 4 atom stereocenters. The molecule has 0 spiro atoms. The van der Waals surface area contributed by atoms with E-state index < -0.39 is 6.29 Å². The van der Waals surface area contributed by atoms with Gasteiger partial charge in [-0.15, -0.1) is 0 Å². The number of rotatable bonds is 9. The molecule has 3 aliphatic rings. The summed E-state index contributed by atoms with van der Waals surface area (Å²) < 4.78 is 13.1. The van der Waals surface area contributed by atoms with E-state index >= 15 is 0 Å². The molecule has 206 valence electrons. The fourth-order valence-corrected chi connectivity index (χ4v) is 6.00. The summed E-state index contributed by atoms with van der Waals surface area (Å²) in [6.45, 7) is 8.11. The molecule has 0 saturated carbocycles. The number of benzene rings is 2. The van der Waals surface area contributed by atoms with E-state index in [-0.39, 0.29) is 24.8 Å². The lowest BCUT2D eigenvalue weighted by Crippen LogP contribution is -2.45. The van der Waals surface area contributed by atoms with Crippen LogP contribution in [0.5, 0.6) is 0 Å². The van der Waals surface area contributed by atoms with Gasteiger partial charge < -0.3 is 30.1 Å². The van der Waals surface area contributed by atoms with Crippen molar-refractivity contribution < 1.29 is 19.4 Å². The first-order valence-electron chi connectivity index (χ1n) is 14.2. The van der Waals surface area contributed by atoms with E-state index in [1.165, 1.54) is 38.8 Å². The van der Waals surface area contributed by atoms with Gasteiger partial charge in [-0.25, -0.2) is 4.79 Å². The molecule has 3 saturated heterocycles. The number of nitrogens with zero attached hydrogens (tertiary/aromatic N) is 2. The Balaban J connectivity index is 1.32. The second kappa shape index (κ2) is 13.0. The van der Waals surface area contributed by atoms with Crippen LogP contribution in [-0.2, 0) is 16.1 Å². The summed E-state index contributed by atoms with van der Waals surface area (Å²) in [6, 6.07) is 16.1. The molecule has 2 aromatic rings. The van der Waals surface area contributed by atoms with Gasteiger partial charge >= 0.3 is 6.03 Å². The normalized spacial score (nSPS) is 26.5. The molecular formula is C30H42N4O4. The van der Waals surface area contributed by atoms with E-state index in [0.29, 0.717) is 18.3 Å². The molecule has 2 aromatic carbocycles. The number of hydrogen-bond donors (Lipinski definition) is 3. The number of hydrogen-bond acceptors (Lipinski definition) is 6. The summed E-state index contributed by atoms with van der Waals surface area (Å²) in [6.07, 6.45) is 5.28. The average molecular weight is 523 g/mol. The molecule has 3 heterocycles. The largest absolute Gasteiger partial charge is 0.392 e. The lowest BCUT2D eigenvalue weighted by atomic mass is 9.99. The molecule has 3 N–H and O–H groups in total. The van der Waals surface area contributed by atoms with Crippen molar-refractivity contribution in [1.82, 2.24) is 15.1 Å². The predicted molar refractivity (Wildman–Crippen MR) is 148 cm³/mol. The van der Waals surface area contributed by atoms with Gasteiger partial charge in [-0.05, 0) is 75.5 Å². The van der Waals surface area contributed by atoms with Gasteiger partial charge in [0.1, 0.15) is 0 Å². The lowest BCUT2D eigenvalue weighted by Gasteiger charge is -2.39. The summed E-state index contributed by atoms with van der Waals surface area (Å²) in [7, 11) is 0. The Kier molecular flexibility index (Phi) is 9.30. The standard InChI is InChI=1S/C30H42N4O4/c1-2-31-30(36)32-25-8-5-7-24(17-25)29-37-27(18-28(38-29)23-12-10-22(21-35)11-13-23)20-34-16-6-9-26(34)19-33-14-3-4-15-33/h5,7-8,10-13,17,26-29,35H,2-4,6,9,14-16,18-21H2,1H3,(H2,31,32,36)/t26-,27+,28-,29-/m0/s1. The molecule has 0 aromatic heterocycles. The SMILES string of the molecule is CCNC(=O)Nc1cccc([C@H]2O[C@@H](CN3CCC[C@H]3CN3CCCC3)C[C@@H](c3ccc(CO)cc3)O2)c1. The van der Waals surface area contributed by atoms with Crippen molar-refractivity contribution in [2.75, 3.05) is 44.6 Å². The number of likely N-dealkylation sites (tertiary alicyclic amines) is 2. The monoisotopic (exact) mass is 522 g/mol. The zero-order valence-electron chi connectivity index (χ0n) is 22.5. The number of anilines is 1. The van der Waals surface area contributed by atoms with Gasteiger partial charge in [0.25, 0.3) is 0 Å². The number of urea groups is 1. The maximum Gasteiger partial charge on any atom is 0.319 e. The Morgan fingerprint density at radius 2 is 1.82 bits per heavy atom. The van der Waals surface area contributed by atoms with Gasteiger partial charge in [-0.1, -0.05) is 36.4 Å². The van der Waals surface area contributed by atoms with Crippen LogP contribution in [0.1, 0.15) is 68.1 Å². The summed E-state index contributed by atoms with van der Waals surface area (Å²) in [5.41, 5.74) is 3.57. The minimum atomic E-state index is -0.535. The molecule has 8 nitrogen and oxygen atoms in total. The van der Waals surface area contributed by atoms with Crippen LogP contribution in [0.3, 0.4) is 0 Å². The first kappa shape index (κ1) is 27.1. The van der Waals surface area contributed by atoms with Crippen LogP contribution in [0.2, 0.25) is 0 Å². The van der Waals surface area contributed by atoms with Crippen molar-refractivity contribution in [2.45, 2.75) is 70.2 Å². The highest BCUT2D eigenvalue weighted by Crippen LogP contribution is 2.39. The summed E-state index contributed by atoms with van der Waals surface area (Å²) >= 11 is 0. The van der Waals surface area contributed by atoms with Crippen LogP contribution in [0, 0.1) is 0 Å². The highest BCUT2D eigenvalue weighted by atomic mass is 16.7. The smallest absolute Gasteiger partial charge is 0.319 e. The Morgan fingerprint density at radius 3 is 2.58 bits per heavy atom. The van der Waals surface area contributed by atoms with E-state index in [0.717, 1.165) is 42.7 Å². The average Bonchev–Trinajstić information content (AvgIpc) is 3.61. The van der Waals surface area contributed by atoms with Crippen LogP contribution in [-0.4, -0.2) is 72.4 Å². The molecule has 5 rings (SSSR count). The molecule has 0 unspecified atom stereocenters. The maximum atomic E-state index is 12.1. The highest BCUT2D eigenvalue weighted by Gasteiger charge is 2.36. The summed E-state index contributed by atoms with van der Waals surface area (Å²) in [5, 5.41) is 15.1. The number of aliphatic hydroxyl groups excluding tert-OH is 1. The zero-order chi connectivity index (χ0) is 26.3. The minimum Gasteiger partial charge on any atom is -0.392 e. The van der Waals surface area contributed by atoms with Crippen LogP contribution < -0.4 is 10.6 Å². The van der Waals surface area contributed by atoms with Crippen molar-refractivity contribution >= 4 is 11.7 Å². The second-order valence-electron chi connectivity index (χ2n) is 10.8. The first-order chi connectivity index (χ1) is 18.6. The fourth-order valence-electron chi connectivity index (χ4n) is 6.00. The Hall–Kier alpha value is -2.49. The molecule has 0 bridgehead atoms. The molecule has 0 radical (unpaired) electrons. The zero-order valence-corrected chi connectivity index (χ0v) is 22.5. The number of aliphatic hydroxyl groups is 1. The van der Waals surface area contributed by atoms with E-state index in [2.05, 4.69) is 32.6 Å². The number of carbonyl (C=O) groups excluding carboxylic acids is 1. The van der Waals surface area contributed by atoms with Crippen LogP contribution >= 0.6 is 0 Å². The van der Waals surface area contributed by atoms with Crippen molar-refractivity contribution in [3.05, 3.63) is 65.2 Å². The number of amides is 2. The molecule has 3 aliphatic heterocycles. The third-order valence-corrected chi connectivity index (χ3v) is 7.97. The van der Waals surface area contributed by atoms with Crippen molar-refractivity contribution in [3.8, 4) is 0 Å². The fraction of sp³-hybridized carbons (Fsp3) is 0.567. The Labute approximate surface area is 226 Å². The van der Waals surface area contributed by atoms with Gasteiger partial charge in [0.05, 0.1) is 18.8 Å². The van der Waals surface area contributed by atoms with Crippen LogP contribution in [0.4, 0.5) is 10.5 Å². The molecule has 2 amide bonds. The molecule has 8 heteroatoms. The van der Waals surface area contributed by atoms with E-state index in [4.69, 9.17) is 9.47 Å². The molecule has 38 heavy (non-hydrogen) atoms. The first-order valence-corrected chi connectivity index (χ1v) is 14.2. The lowest BCUT2D eigenvalue weighted by molar-refractivity contribution is -0.253. The van der Waals surface area contributed by atoms with Crippen molar-refractivity contribution in [1.29, 1.82) is 0 Å². The van der Waals surface area contributed by atoms with Gasteiger partial charge in [-0.3, -0.25) is 4.90 Å². The third kappa shape index (κ3) is 6.93. The molecule has 0 aliphatic carbocycles. The summed E-state index contributed by atoms with van der Waals surface area (Å²) in [5.74, 6) is 0. The van der Waals surface area contributed by atoms with Crippen LogP contribution in [0.25, 0.3) is 0 Å². The Morgan fingerprint density at radius 1 is 1.00 bits per heavy atom. The van der Waals surface area contributed by atoms with Crippen molar-refractivity contribution in [3.63, 3.8) is 0 Å². The third-order valence-electron chi connectivity index (χ3n) is 7.97. The molecular weight excluding hydrogens is 480 g/mol. The van der Waals surface area contributed by atoms with Crippen molar-refractivity contribution in [2.24, 2.45) is 0 Å². The van der Waals surface area contributed by atoms with Gasteiger partial charge in [-0.2, -0.15) is 0 Å². The summed E-state index contributed by atoms with van der Waals surface area (Å²) in [4.78, 5) is 17.3.